The van der Waals surface area contributed by atoms with Gasteiger partial charge in [0, 0.05) is 31.1 Å². The highest BCUT2D eigenvalue weighted by Gasteiger charge is 2.21. The van der Waals surface area contributed by atoms with Crippen LogP contribution in [0.1, 0.15) is 36.3 Å². The molecule has 0 spiro atoms. The maximum Gasteiger partial charge on any atom is 0.124 e. The van der Waals surface area contributed by atoms with E-state index in [1.165, 1.54) is 5.56 Å². The van der Waals surface area contributed by atoms with Crippen molar-refractivity contribution >= 4 is 11.6 Å². The summed E-state index contributed by atoms with van der Waals surface area (Å²) in [6.45, 7) is 6.31. The van der Waals surface area contributed by atoms with E-state index in [2.05, 4.69) is 29.5 Å². The van der Waals surface area contributed by atoms with Crippen molar-refractivity contribution in [3.05, 3.63) is 46.2 Å². The van der Waals surface area contributed by atoms with Crippen molar-refractivity contribution in [2.45, 2.75) is 39.4 Å². The van der Waals surface area contributed by atoms with E-state index in [9.17, 15) is 0 Å². The Bertz CT molecular complexity index is 638. The number of ether oxygens (including phenoxy) is 1. The Morgan fingerprint density at radius 2 is 2.24 bits per heavy atom. The van der Waals surface area contributed by atoms with Gasteiger partial charge in [0.2, 0.25) is 0 Å². The van der Waals surface area contributed by atoms with Crippen LogP contribution in [0.3, 0.4) is 0 Å². The van der Waals surface area contributed by atoms with Gasteiger partial charge in [-0.2, -0.15) is 5.10 Å². The molecule has 1 aliphatic rings. The molecule has 1 aromatic heterocycles. The predicted molar refractivity (Wildman–Crippen MR) is 83.8 cm³/mol. The van der Waals surface area contributed by atoms with Gasteiger partial charge in [0.15, 0.2) is 0 Å². The third kappa shape index (κ3) is 2.78. The minimum absolute atomic E-state index is 0.298. The first-order valence-electron chi connectivity index (χ1n) is 7.37. The summed E-state index contributed by atoms with van der Waals surface area (Å²) in [5.41, 5.74) is 3.17. The number of aromatic nitrogens is 2. The molecule has 1 N–H and O–H groups in total. The van der Waals surface area contributed by atoms with Crippen molar-refractivity contribution in [1.82, 2.24) is 15.1 Å². The molecule has 3 rings (SSSR count). The molecule has 21 heavy (non-hydrogen) atoms. The van der Waals surface area contributed by atoms with Gasteiger partial charge in [-0.3, -0.25) is 4.68 Å². The zero-order valence-electron chi connectivity index (χ0n) is 12.4. The molecule has 1 atom stereocenters. The normalized spacial score (nSPS) is 17.4. The Labute approximate surface area is 130 Å². The number of nitrogens with zero attached hydrogens (tertiary/aromatic N) is 2. The van der Waals surface area contributed by atoms with Gasteiger partial charge in [-0.05, 0) is 19.9 Å². The van der Waals surface area contributed by atoms with Gasteiger partial charge in [0.05, 0.1) is 23.0 Å². The molecule has 0 aliphatic carbocycles. The molecule has 2 heterocycles. The zero-order chi connectivity index (χ0) is 14.8. The van der Waals surface area contributed by atoms with Crippen molar-refractivity contribution < 1.29 is 4.74 Å². The number of hydrogen-bond donors (Lipinski definition) is 1. The van der Waals surface area contributed by atoms with Gasteiger partial charge in [-0.1, -0.05) is 29.8 Å². The number of halogens is 1. The molecule has 112 valence electrons. The lowest BCUT2D eigenvalue weighted by atomic mass is 10.0. The van der Waals surface area contributed by atoms with Crippen molar-refractivity contribution in [2.24, 2.45) is 0 Å². The van der Waals surface area contributed by atoms with E-state index in [1.807, 2.05) is 23.7 Å². The van der Waals surface area contributed by atoms with E-state index >= 15 is 0 Å². The first kappa shape index (κ1) is 14.4. The molecule has 0 saturated heterocycles. The summed E-state index contributed by atoms with van der Waals surface area (Å²) in [6.07, 6.45) is 0.966. The topological polar surface area (TPSA) is 39.1 Å². The molecule has 5 heteroatoms. The average molecular weight is 306 g/mol. The molecular formula is C16H20ClN3O. The van der Waals surface area contributed by atoms with Crippen LogP contribution < -0.4 is 10.1 Å². The van der Waals surface area contributed by atoms with E-state index in [1.54, 1.807) is 0 Å². The highest BCUT2D eigenvalue weighted by Crippen LogP contribution is 2.32. The van der Waals surface area contributed by atoms with Crippen molar-refractivity contribution in [3.8, 4) is 5.75 Å². The van der Waals surface area contributed by atoms with E-state index in [4.69, 9.17) is 16.3 Å². The second-order valence-corrected chi connectivity index (χ2v) is 5.65. The molecule has 1 aliphatic heterocycles. The number of nitrogens with one attached hydrogen (secondary N) is 1. The summed E-state index contributed by atoms with van der Waals surface area (Å²) < 4.78 is 7.66. The molecule has 0 bridgehead atoms. The largest absolute Gasteiger partial charge is 0.493 e. The molecule has 2 aromatic rings. The fourth-order valence-electron chi connectivity index (χ4n) is 2.81. The molecule has 0 radical (unpaired) electrons. The van der Waals surface area contributed by atoms with Crippen LogP contribution in [-0.2, 0) is 13.1 Å². The number of hydrogen-bond acceptors (Lipinski definition) is 3. The van der Waals surface area contributed by atoms with E-state index in [0.29, 0.717) is 12.6 Å². The van der Waals surface area contributed by atoms with Crippen LogP contribution >= 0.6 is 11.6 Å². The number of para-hydroxylation sites is 1. The van der Waals surface area contributed by atoms with Crippen molar-refractivity contribution in [2.75, 3.05) is 6.61 Å². The summed E-state index contributed by atoms with van der Waals surface area (Å²) in [6, 6.07) is 8.50. The molecule has 1 unspecified atom stereocenters. The quantitative estimate of drug-likeness (QED) is 0.940. The van der Waals surface area contributed by atoms with Crippen LogP contribution in [0.4, 0.5) is 0 Å². The summed E-state index contributed by atoms with van der Waals surface area (Å²) in [4.78, 5) is 0. The van der Waals surface area contributed by atoms with Crippen LogP contribution in [0, 0.1) is 6.92 Å². The number of aryl methyl sites for hydroxylation is 2. The number of fused-ring (bicyclic) bond motifs is 1. The fraction of sp³-hybridized carbons (Fsp3) is 0.438. The lowest BCUT2D eigenvalue weighted by molar-refractivity contribution is 0.251. The average Bonchev–Trinajstić information content (AvgIpc) is 2.80. The lowest BCUT2D eigenvalue weighted by Gasteiger charge is -2.26. The van der Waals surface area contributed by atoms with E-state index in [0.717, 1.165) is 41.7 Å². The van der Waals surface area contributed by atoms with Crippen LogP contribution in [0.2, 0.25) is 5.02 Å². The molecule has 0 fully saturated rings. The van der Waals surface area contributed by atoms with Gasteiger partial charge in [0.1, 0.15) is 5.75 Å². The lowest BCUT2D eigenvalue weighted by Crippen LogP contribution is -2.27. The van der Waals surface area contributed by atoms with Crippen LogP contribution in [0.25, 0.3) is 0 Å². The SMILES string of the molecule is CCn1nc(C)c(Cl)c1CNC1CCOc2ccccc21. The summed E-state index contributed by atoms with van der Waals surface area (Å²) in [5, 5.41) is 8.82. The summed E-state index contributed by atoms with van der Waals surface area (Å²) in [7, 11) is 0. The predicted octanol–water partition coefficient (Wildman–Crippen LogP) is 3.48. The number of benzene rings is 1. The Balaban J connectivity index is 1.77. The third-order valence-electron chi connectivity index (χ3n) is 3.93. The van der Waals surface area contributed by atoms with Crippen LogP contribution in [0.15, 0.2) is 24.3 Å². The molecule has 0 saturated carbocycles. The fourth-order valence-corrected chi connectivity index (χ4v) is 3.01. The molecule has 0 amide bonds. The van der Waals surface area contributed by atoms with Crippen LogP contribution in [0.5, 0.6) is 5.75 Å². The minimum Gasteiger partial charge on any atom is -0.493 e. The molecule has 4 nitrogen and oxygen atoms in total. The first-order chi connectivity index (χ1) is 10.2. The summed E-state index contributed by atoms with van der Waals surface area (Å²) >= 11 is 6.36. The van der Waals surface area contributed by atoms with Crippen molar-refractivity contribution in [3.63, 3.8) is 0 Å². The molecular weight excluding hydrogens is 286 g/mol. The standard InChI is InChI=1S/C16H20ClN3O/c1-3-20-14(16(17)11(2)19-20)10-18-13-8-9-21-15-7-5-4-6-12(13)15/h4-7,13,18H,3,8-10H2,1-2H3. The third-order valence-corrected chi connectivity index (χ3v) is 4.42. The Morgan fingerprint density at radius 3 is 3.05 bits per heavy atom. The second kappa shape index (κ2) is 6.08. The maximum atomic E-state index is 6.36. The highest BCUT2D eigenvalue weighted by molar-refractivity contribution is 6.31. The Morgan fingerprint density at radius 1 is 1.43 bits per heavy atom. The van der Waals surface area contributed by atoms with Gasteiger partial charge < -0.3 is 10.1 Å². The smallest absolute Gasteiger partial charge is 0.124 e. The van der Waals surface area contributed by atoms with Gasteiger partial charge >= 0.3 is 0 Å². The van der Waals surface area contributed by atoms with Crippen LogP contribution in [-0.4, -0.2) is 16.4 Å². The monoisotopic (exact) mass is 305 g/mol. The maximum absolute atomic E-state index is 6.36. The second-order valence-electron chi connectivity index (χ2n) is 5.27. The molecule has 1 aromatic carbocycles. The summed E-state index contributed by atoms with van der Waals surface area (Å²) in [5.74, 6) is 0.979. The Kier molecular flexibility index (Phi) is 4.17. The van der Waals surface area contributed by atoms with Gasteiger partial charge in [0.25, 0.3) is 0 Å². The zero-order valence-corrected chi connectivity index (χ0v) is 13.2. The first-order valence-corrected chi connectivity index (χ1v) is 7.75. The minimum atomic E-state index is 0.298. The number of rotatable bonds is 4. The van der Waals surface area contributed by atoms with E-state index in [-0.39, 0.29) is 0 Å². The highest BCUT2D eigenvalue weighted by atomic mass is 35.5. The van der Waals surface area contributed by atoms with Gasteiger partial charge in [-0.15, -0.1) is 0 Å². The van der Waals surface area contributed by atoms with Crippen molar-refractivity contribution in [1.29, 1.82) is 0 Å². The van der Waals surface area contributed by atoms with E-state index < -0.39 is 0 Å². The van der Waals surface area contributed by atoms with Gasteiger partial charge in [-0.25, -0.2) is 0 Å². The Hall–Kier alpha value is -1.52.